The van der Waals surface area contributed by atoms with E-state index < -0.39 is 0 Å². The lowest BCUT2D eigenvalue weighted by Gasteiger charge is -2.38. The number of amides is 1. The number of carbonyl (C=O) groups is 1. The molecule has 0 bridgehead atoms. The number of aromatic nitrogens is 1. The van der Waals surface area contributed by atoms with Gasteiger partial charge in [0.25, 0.3) is 0 Å². The lowest BCUT2D eigenvalue weighted by molar-refractivity contribution is -0.120. The molecule has 0 saturated carbocycles. The summed E-state index contributed by atoms with van der Waals surface area (Å²) in [4.78, 5) is 19.3. The van der Waals surface area contributed by atoms with Crippen LogP contribution in [0, 0.1) is 12.8 Å². The van der Waals surface area contributed by atoms with Gasteiger partial charge in [0, 0.05) is 23.8 Å². The predicted molar refractivity (Wildman–Crippen MR) is 107 cm³/mol. The topological polar surface area (TPSA) is 54.5 Å². The lowest BCUT2D eigenvalue weighted by atomic mass is 9.99. The summed E-state index contributed by atoms with van der Waals surface area (Å²) in [5.41, 5.74) is 2.64. The van der Waals surface area contributed by atoms with Crippen molar-refractivity contribution in [3.8, 4) is 5.75 Å². The van der Waals surface area contributed by atoms with Crippen molar-refractivity contribution in [2.75, 3.05) is 30.4 Å². The van der Waals surface area contributed by atoms with Crippen LogP contribution in [0.3, 0.4) is 0 Å². The van der Waals surface area contributed by atoms with Crippen molar-refractivity contribution in [2.24, 2.45) is 5.92 Å². The summed E-state index contributed by atoms with van der Waals surface area (Å²) in [5.74, 6) is 0.740. The molecule has 134 valence electrons. The zero-order valence-corrected chi connectivity index (χ0v) is 16.0. The molecule has 2 heterocycles. The van der Waals surface area contributed by atoms with Gasteiger partial charge in [-0.1, -0.05) is 35.1 Å². The number of rotatable bonds is 4. The third-order valence-electron chi connectivity index (χ3n) is 4.57. The van der Waals surface area contributed by atoms with Gasteiger partial charge < -0.3 is 15.0 Å². The third-order valence-corrected chi connectivity index (χ3v) is 5.89. The van der Waals surface area contributed by atoms with Crippen LogP contribution in [0.4, 0.5) is 10.8 Å². The van der Waals surface area contributed by atoms with Crippen LogP contribution < -0.4 is 15.0 Å². The first-order valence-electron chi connectivity index (χ1n) is 8.30. The monoisotopic (exact) mass is 387 g/mol. The van der Waals surface area contributed by atoms with Gasteiger partial charge in [0.2, 0.25) is 5.91 Å². The summed E-state index contributed by atoms with van der Waals surface area (Å²) in [5, 5.41) is 4.52. The number of para-hydroxylation sites is 1. The van der Waals surface area contributed by atoms with E-state index in [0.29, 0.717) is 18.1 Å². The number of hydrogen-bond donors (Lipinski definition) is 1. The standard InChI is InChI=1S/C19H18ClN3O2S/c1-11-6-7-13(20)8-14(11)21-18(24)12-9-23(10-12)19-22-17-15(25-2)4-3-5-16(17)26-19/h3-8,12H,9-10H2,1-2H3,(H,21,24). The molecule has 3 aromatic rings. The van der Waals surface area contributed by atoms with Gasteiger partial charge >= 0.3 is 0 Å². The van der Waals surface area contributed by atoms with E-state index in [0.717, 1.165) is 32.3 Å². The number of carbonyl (C=O) groups excluding carboxylic acids is 1. The molecular formula is C19H18ClN3O2S. The molecule has 0 radical (unpaired) electrons. The summed E-state index contributed by atoms with van der Waals surface area (Å²) >= 11 is 7.64. The molecular weight excluding hydrogens is 370 g/mol. The zero-order valence-electron chi connectivity index (χ0n) is 14.5. The fourth-order valence-electron chi connectivity index (χ4n) is 2.98. The average molecular weight is 388 g/mol. The highest BCUT2D eigenvalue weighted by Crippen LogP contribution is 2.36. The molecule has 26 heavy (non-hydrogen) atoms. The first-order valence-corrected chi connectivity index (χ1v) is 9.50. The van der Waals surface area contributed by atoms with Crippen molar-refractivity contribution < 1.29 is 9.53 Å². The number of nitrogens with zero attached hydrogens (tertiary/aromatic N) is 2. The molecule has 0 aliphatic carbocycles. The van der Waals surface area contributed by atoms with E-state index in [2.05, 4.69) is 15.2 Å². The maximum Gasteiger partial charge on any atom is 0.231 e. The molecule has 2 aromatic carbocycles. The number of methoxy groups -OCH3 is 1. The van der Waals surface area contributed by atoms with Crippen LogP contribution in [-0.4, -0.2) is 31.1 Å². The highest BCUT2D eigenvalue weighted by molar-refractivity contribution is 7.22. The highest BCUT2D eigenvalue weighted by atomic mass is 35.5. The van der Waals surface area contributed by atoms with Crippen molar-refractivity contribution in [1.82, 2.24) is 4.98 Å². The maximum absolute atomic E-state index is 12.5. The van der Waals surface area contributed by atoms with Gasteiger partial charge in [0.05, 0.1) is 17.7 Å². The molecule has 1 aliphatic heterocycles. The molecule has 5 nitrogen and oxygen atoms in total. The van der Waals surface area contributed by atoms with Crippen LogP contribution in [0.25, 0.3) is 10.2 Å². The smallest absolute Gasteiger partial charge is 0.231 e. The van der Waals surface area contributed by atoms with Gasteiger partial charge in [-0.3, -0.25) is 4.79 Å². The Morgan fingerprint density at radius 3 is 2.92 bits per heavy atom. The molecule has 1 fully saturated rings. The molecule has 1 saturated heterocycles. The first kappa shape index (κ1) is 17.1. The average Bonchev–Trinajstić information content (AvgIpc) is 3.00. The number of fused-ring (bicyclic) bond motifs is 1. The lowest BCUT2D eigenvalue weighted by Crippen LogP contribution is -2.52. The Kier molecular flexibility index (Phi) is 4.46. The first-order chi connectivity index (χ1) is 12.5. The van der Waals surface area contributed by atoms with Crippen LogP contribution in [0.15, 0.2) is 36.4 Å². The van der Waals surface area contributed by atoms with Gasteiger partial charge in [0.1, 0.15) is 11.3 Å². The Bertz CT molecular complexity index is 982. The Labute approximate surface area is 160 Å². The molecule has 0 unspecified atom stereocenters. The van der Waals surface area contributed by atoms with Gasteiger partial charge in [-0.2, -0.15) is 0 Å². The Morgan fingerprint density at radius 1 is 1.35 bits per heavy atom. The number of hydrogen-bond acceptors (Lipinski definition) is 5. The number of benzene rings is 2. The quantitative estimate of drug-likeness (QED) is 0.723. The number of thiazole rings is 1. The van der Waals surface area contributed by atoms with E-state index in [1.54, 1.807) is 24.5 Å². The van der Waals surface area contributed by atoms with E-state index in [4.69, 9.17) is 16.3 Å². The Balaban J connectivity index is 1.43. The summed E-state index contributed by atoms with van der Waals surface area (Å²) in [6.45, 7) is 3.27. The molecule has 7 heteroatoms. The van der Waals surface area contributed by atoms with Crippen molar-refractivity contribution in [1.29, 1.82) is 0 Å². The SMILES string of the molecule is COc1cccc2sc(N3CC(C(=O)Nc4cc(Cl)ccc4C)C3)nc12. The third kappa shape index (κ3) is 3.10. The van der Waals surface area contributed by atoms with Gasteiger partial charge in [-0.25, -0.2) is 4.98 Å². The molecule has 1 aliphatic rings. The molecule has 1 N–H and O–H groups in total. The second-order valence-corrected chi connectivity index (χ2v) is 7.80. The van der Waals surface area contributed by atoms with E-state index in [9.17, 15) is 4.79 Å². The Morgan fingerprint density at radius 2 is 2.15 bits per heavy atom. The summed E-state index contributed by atoms with van der Waals surface area (Å²) in [7, 11) is 1.65. The second kappa shape index (κ2) is 6.78. The molecule has 4 rings (SSSR count). The van der Waals surface area contributed by atoms with Crippen molar-refractivity contribution in [3.05, 3.63) is 47.0 Å². The normalized spacial score (nSPS) is 14.3. The van der Waals surface area contributed by atoms with Crippen molar-refractivity contribution >= 4 is 49.9 Å². The Hall–Kier alpha value is -2.31. The summed E-state index contributed by atoms with van der Waals surface area (Å²) in [6, 6.07) is 11.4. The van der Waals surface area contributed by atoms with E-state index >= 15 is 0 Å². The molecule has 1 aromatic heterocycles. The number of aryl methyl sites for hydroxylation is 1. The largest absolute Gasteiger partial charge is 0.494 e. The molecule has 1 amide bonds. The predicted octanol–water partition coefficient (Wildman–Crippen LogP) is 4.34. The number of halogens is 1. The minimum Gasteiger partial charge on any atom is -0.494 e. The number of nitrogens with one attached hydrogen (secondary N) is 1. The van der Waals surface area contributed by atoms with Crippen LogP contribution in [0.1, 0.15) is 5.56 Å². The fraction of sp³-hybridized carbons (Fsp3) is 0.263. The fourth-order valence-corrected chi connectivity index (χ4v) is 4.15. The second-order valence-electron chi connectivity index (χ2n) is 6.35. The zero-order chi connectivity index (χ0) is 18.3. The molecule has 0 spiro atoms. The number of ether oxygens (including phenoxy) is 1. The summed E-state index contributed by atoms with van der Waals surface area (Å²) < 4.78 is 6.45. The van der Waals surface area contributed by atoms with Crippen LogP contribution >= 0.6 is 22.9 Å². The molecule has 0 atom stereocenters. The summed E-state index contributed by atoms with van der Waals surface area (Å²) in [6.07, 6.45) is 0. The maximum atomic E-state index is 12.5. The van der Waals surface area contributed by atoms with Crippen LogP contribution in [0.5, 0.6) is 5.75 Å². The van der Waals surface area contributed by atoms with E-state index in [1.807, 2.05) is 37.3 Å². The minimum absolute atomic E-state index is 0.0188. The van der Waals surface area contributed by atoms with E-state index in [-0.39, 0.29) is 11.8 Å². The van der Waals surface area contributed by atoms with E-state index in [1.165, 1.54) is 0 Å². The highest BCUT2D eigenvalue weighted by Gasteiger charge is 2.34. The van der Waals surface area contributed by atoms with Crippen molar-refractivity contribution in [3.63, 3.8) is 0 Å². The van der Waals surface area contributed by atoms with Gasteiger partial charge in [0.15, 0.2) is 5.13 Å². The van der Waals surface area contributed by atoms with Crippen LogP contribution in [0.2, 0.25) is 5.02 Å². The van der Waals surface area contributed by atoms with Gasteiger partial charge in [-0.15, -0.1) is 0 Å². The van der Waals surface area contributed by atoms with Crippen LogP contribution in [-0.2, 0) is 4.79 Å². The van der Waals surface area contributed by atoms with Gasteiger partial charge in [-0.05, 0) is 36.8 Å². The van der Waals surface area contributed by atoms with Crippen molar-refractivity contribution in [2.45, 2.75) is 6.92 Å². The minimum atomic E-state index is -0.0534. The number of anilines is 2.